The molecule has 0 bridgehead atoms. The molecule has 92 valence electrons. The third-order valence-electron chi connectivity index (χ3n) is 2.02. The van der Waals surface area contributed by atoms with Gasteiger partial charge in [0, 0.05) is 20.2 Å². The largest absolute Gasteiger partial charge is 0.382 e. The number of methoxy groups -OCH3 is 1. The molecule has 0 aromatic rings. The monoisotopic (exact) mass is 239 g/mol. The van der Waals surface area contributed by atoms with Gasteiger partial charge < -0.3 is 9.47 Å². The van der Waals surface area contributed by atoms with Gasteiger partial charge in [0.25, 0.3) is 0 Å². The maximum Gasteiger partial charge on any atom is 0.216 e. The molecule has 0 unspecified atom stereocenters. The van der Waals surface area contributed by atoms with Crippen LogP contribution in [-0.4, -0.2) is 58.5 Å². The molecule has 0 fully saturated rings. The normalized spacial score (nSPS) is 12.3. The molecule has 0 rings (SSSR count). The lowest BCUT2D eigenvalue weighted by Gasteiger charge is -2.18. The fourth-order valence-corrected chi connectivity index (χ4v) is 2.53. The number of hydrogen-bond acceptors (Lipinski definition) is 4. The van der Waals surface area contributed by atoms with Gasteiger partial charge in [0.1, 0.15) is 0 Å². The molecular weight excluding hydrogens is 218 g/mol. The van der Waals surface area contributed by atoms with Crippen molar-refractivity contribution in [3.05, 3.63) is 0 Å². The Morgan fingerprint density at radius 1 is 1.07 bits per heavy atom. The summed E-state index contributed by atoms with van der Waals surface area (Å²) in [5.41, 5.74) is 0. The first-order chi connectivity index (χ1) is 7.08. The Bertz CT molecular complexity index is 236. The summed E-state index contributed by atoms with van der Waals surface area (Å²) in [6.45, 7) is 5.82. The predicted octanol–water partition coefficient (Wildman–Crippen LogP) is 0.321. The number of sulfonamides is 1. The van der Waals surface area contributed by atoms with Gasteiger partial charge in [0.05, 0.1) is 25.6 Å². The molecule has 0 aliphatic rings. The summed E-state index contributed by atoms with van der Waals surface area (Å²) in [4.78, 5) is 0. The number of rotatable bonds is 9. The van der Waals surface area contributed by atoms with Crippen LogP contribution in [0.15, 0.2) is 0 Å². The Kier molecular flexibility index (Phi) is 7.95. The Hall–Kier alpha value is -0.170. The summed E-state index contributed by atoms with van der Waals surface area (Å²) in [7, 11) is -1.56. The maximum atomic E-state index is 11.6. The molecule has 0 aromatic carbocycles. The van der Waals surface area contributed by atoms with Crippen LogP contribution < -0.4 is 0 Å². The molecule has 0 aromatic heterocycles. The zero-order chi connectivity index (χ0) is 11.7. The van der Waals surface area contributed by atoms with Gasteiger partial charge in [-0.2, -0.15) is 0 Å². The summed E-state index contributed by atoms with van der Waals surface area (Å²) < 4.78 is 34.6. The summed E-state index contributed by atoms with van der Waals surface area (Å²) in [5, 5.41) is 0. The van der Waals surface area contributed by atoms with Crippen LogP contribution in [0.1, 0.15) is 13.8 Å². The Balaban J connectivity index is 3.83. The average molecular weight is 239 g/mol. The standard InChI is InChI=1S/C9H21NO4S/c1-4-10(5-2)15(11,12)9-8-14-7-6-13-3/h4-9H2,1-3H3. The second-order valence-corrected chi connectivity index (χ2v) is 5.09. The van der Waals surface area contributed by atoms with Crippen LogP contribution in [0.5, 0.6) is 0 Å². The molecule has 0 N–H and O–H groups in total. The van der Waals surface area contributed by atoms with Crippen molar-refractivity contribution in [1.29, 1.82) is 0 Å². The van der Waals surface area contributed by atoms with E-state index in [1.165, 1.54) is 4.31 Å². The van der Waals surface area contributed by atoms with E-state index in [1.807, 2.05) is 13.8 Å². The van der Waals surface area contributed by atoms with Gasteiger partial charge in [-0.05, 0) is 0 Å². The SMILES string of the molecule is CCN(CC)S(=O)(=O)CCOCCOC. The Morgan fingerprint density at radius 2 is 1.67 bits per heavy atom. The number of ether oxygens (including phenoxy) is 2. The van der Waals surface area contributed by atoms with Crippen molar-refractivity contribution in [3.63, 3.8) is 0 Å². The van der Waals surface area contributed by atoms with Gasteiger partial charge in [0.2, 0.25) is 10.0 Å². The molecule has 0 saturated carbocycles. The molecule has 0 aliphatic carbocycles. The van der Waals surface area contributed by atoms with Gasteiger partial charge in [-0.15, -0.1) is 0 Å². The molecule has 0 atom stereocenters. The van der Waals surface area contributed by atoms with E-state index in [9.17, 15) is 8.42 Å². The molecule has 0 aliphatic heterocycles. The predicted molar refractivity (Wildman–Crippen MR) is 59.4 cm³/mol. The summed E-state index contributed by atoms with van der Waals surface area (Å²) in [6, 6.07) is 0. The van der Waals surface area contributed by atoms with E-state index in [0.717, 1.165) is 0 Å². The quantitative estimate of drug-likeness (QED) is 0.544. The van der Waals surface area contributed by atoms with Crippen LogP contribution in [0.4, 0.5) is 0 Å². The fourth-order valence-electron chi connectivity index (χ4n) is 1.15. The maximum absolute atomic E-state index is 11.6. The van der Waals surface area contributed by atoms with Gasteiger partial charge in [-0.3, -0.25) is 0 Å². The first-order valence-electron chi connectivity index (χ1n) is 5.13. The highest BCUT2D eigenvalue weighted by Crippen LogP contribution is 2.00. The van der Waals surface area contributed by atoms with E-state index in [-0.39, 0.29) is 12.4 Å². The smallest absolute Gasteiger partial charge is 0.216 e. The van der Waals surface area contributed by atoms with Gasteiger partial charge >= 0.3 is 0 Å². The molecular formula is C9H21NO4S. The summed E-state index contributed by atoms with van der Waals surface area (Å²) >= 11 is 0. The number of nitrogens with zero attached hydrogens (tertiary/aromatic N) is 1. The lowest BCUT2D eigenvalue weighted by molar-refractivity contribution is 0.0782. The zero-order valence-corrected chi connectivity index (χ0v) is 10.5. The second-order valence-electron chi connectivity index (χ2n) is 3.01. The van der Waals surface area contributed by atoms with E-state index in [1.54, 1.807) is 7.11 Å². The van der Waals surface area contributed by atoms with Crippen molar-refractivity contribution < 1.29 is 17.9 Å². The highest BCUT2D eigenvalue weighted by atomic mass is 32.2. The minimum absolute atomic E-state index is 0.0401. The molecule has 0 spiro atoms. The van der Waals surface area contributed by atoms with E-state index in [2.05, 4.69) is 0 Å². The molecule has 15 heavy (non-hydrogen) atoms. The Labute approximate surface area is 92.4 Å². The van der Waals surface area contributed by atoms with Crippen molar-refractivity contribution in [1.82, 2.24) is 4.31 Å². The van der Waals surface area contributed by atoms with Gasteiger partial charge in [-0.25, -0.2) is 12.7 Å². The minimum Gasteiger partial charge on any atom is -0.382 e. The van der Waals surface area contributed by atoms with Crippen molar-refractivity contribution in [3.8, 4) is 0 Å². The summed E-state index contributed by atoms with van der Waals surface area (Å²) in [6.07, 6.45) is 0. The van der Waals surface area contributed by atoms with Crippen LogP contribution in [0.3, 0.4) is 0 Å². The highest BCUT2D eigenvalue weighted by Gasteiger charge is 2.17. The average Bonchev–Trinajstić information content (AvgIpc) is 2.18. The van der Waals surface area contributed by atoms with Crippen LogP contribution >= 0.6 is 0 Å². The molecule has 0 amide bonds. The van der Waals surface area contributed by atoms with Crippen LogP contribution in [0.25, 0.3) is 0 Å². The van der Waals surface area contributed by atoms with Gasteiger partial charge in [0.15, 0.2) is 0 Å². The van der Waals surface area contributed by atoms with Crippen LogP contribution in [-0.2, 0) is 19.5 Å². The van der Waals surface area contributed by atoms with Crippen molar-refractivity contribution in [2.24, 2.45) is 0 Å². The first-order valence-corrected chi connectivity index (χ1v) is 6.73. The Morgan fingerprint density at radius 3 is 2.13 bits per heavy atom. The second kappa shape index (κ2) is 8.04. The minimum atomic E-state index is -3.14. The van der Waals surface area contributed by atoms with E-state index >= 15 is 0 Å². The van der Waals surface area contributed by atoms with Gasteiger partial charge in [-0.1, -0.05) is 13.8 Å². The van der Waals surface area contributed by atoms with Crippen LogP contribution in [0.2, 0.25) is 0 Å². The van der Waals surface area contributed by atoms with Crippen molar-refractivity contribution in [2.75, 3.05) is 45.8 Å². The topological polar surface area (TPSA) is 55.8 Å². The van der Waals surface area contributed by atoms with E-state index < -0.39 is 10.0 Å². The molecule has 6 heteroatoms. The van der Waals surface area contributed by atoms with Crippen molar-refractivity contribution in [2.45, 2.75) is 13.8 Å². The lowest BCUT2D eigenvalue weighted by Crippen LogP contribution is -2.34. The highest BCUT2D eigenvalue weighted by molar-refractivity contribution is 7.89. The zero-order valence-electron chi connectivity index (χ0n) is 9.73. The molecule has 5 nitrogen and oxygen atoms in total. The molecule has 0 heterocycles. The third kappa shape index (κ3) is 6.09. The molecule has 0 radical (unpaired) electrons. The lowest BCUT2D eigenvalue weighted by atomic mass is 10.7. The fraction of sp³-hybridized carbons (Fsp3) is 1.00. The van der Waals surface area contributed by atoms with Crippen LogP contribution in [0, 0.1) is 0 Å². The van der Waals surface area contributed by atoms with E-state index in [4.69, 9.17) is 9.47 Å². The van der Waals surface area contributed by atoms with Crippen molar-refractivity contribution >= 4 is 10.0 Å². The first kappa shape index (κ1) is 14.8. The third-order valence-corrected chi connectivity index (χ3v) is 4.00. The molecule has 0 saturated heterocycles. The number of hydrogen-bond donors (Lipinski definition) is 0. The van der Waals surface area contributed by atoms with E-state index in [0.29, 0.717) is 26.3 Å². The summed E-state index contributed by atoms with van der Waals surface area (Å²) in [5.74, 6) is 0.0401.